The lowest BCUT2D eigenvalue weighted by molar-refractivity contribution is -0.137. The highest BCUT2D eigenvalue weighted by atomic mass is 16.4. The highest BCUT2D eigenvalue weighted by molar-refractivity contribution is 5.75. The molecule has 80 valence electrons. The van der Waals surface area contributed by atoms with Crippen LogP contribution in [0, 0.1) is 0 Å². The van der Waals surface area contributed by atoms with Gasteiger partial charge in [-0.1, -0.05) is 6.08 Å². The van der Waals surface area contributed by atoms with Gasteiger partial charge in [0.15, 0.2) is 0 Å². The molecule has 0 fully saturated rings. The quantitative estimate of drug-likeness (QED) is 0.457. The summed E-state index contributed by atoms with van der Waals surface area (Å²) in [6.07, 6.45) is 4.33. The van der Waals surface area contributed by atoms with Crippen LogP contribution in [0.15, 0.2) is 12.7 Å². The predicted molar refractivity (Wildman–Crippen MR) is 53.9 cm³/mol. The summed E-state index contributed by atoms with van der Waals surface area (Å²) >= 11 is 0. The monoisotopic (exact) mass is 199 g/mol. The van der Waals surface area contributed by atoms with Gasteiger partial charge in [-0.05, 0) is 19.3 Å². The zero-order valence-corrected chi connectivity index (χ0v) is 8.29. The van der Waals surface area contributed by atoms with Crippen LogP contribution in [0.5, 0.6) is 0 Å². The number of aliphatic carboxylic acids is 1. The minimum Gasteiger partial charge on any atom is -0.481 e. The molecule has 0 aliphatic carbocycles. The van der Waals surface area contributed by atoms with Gasteiger partial charge in [0, 0.05) is 19.4 Å². The van der Waals surface area contributed by atoms with Crippen molar-refractivity contribution in [1.82, 2.24) is 5.32 Å². The van der Waals surface area contributed by atoms with E-state index in [1.165, 1.54) is 0 Å². The van der Waals surface area contributed by atoms with Crippen LogP contribution < -0.4 is 5.32 Å². The zero-order chi connectivity index (χ0) is 10.8. The first kappa shape index (κ1) is 12.7. The van der Waals surface area contributed by atoms with Crippen molar-refractivity contribution in [1.29, 1.82) is 0 Å². The Balaban J connectivity index is 3.22. The van der Waals surface area contributed by atoms with Crippen LogP contribution in [-0.4, -0.2) is 23.5 Å². The summed E-state index contributed by atoms with van der Waals surface area (Å²) in [5.41, 5.74) is 0. The molecular formula is C10H17NO3. The topological polar surface area (TPSA) is 66.4 Å². The molecule has 0 aliphatic heterocycles. The Labute approximate surface area is 84.0 Å². The number of hydrogen-bond donors (Lipinski definition) is 2. The third kappa shape index (κ3) is 8.77. The normalized spacial score (nSPS) is 9.43. The Hall–Kier alpha value is -1.32. The van der Waals surface area contributed by atoms with Crippen LogP contribution in [-0.2, 0) is 9.59 Å². The van der Waals surface area contributed by atoms with Crippen molar-refractivity contribution >= 4 is 11.9 Å². The molecule has 0 atom stereocenters. The highest BCUT2D eigenvalue weighted by Gasteiger charge is 1.99. The number of allylic oxidation sites excluding steroid dienone is 1. The first-order chi connectivity index (χ1) is 6.66. The van der Waals surface area contributed by atoms with Gasteiger partial charge in [0.25, 0.3) is 0 Å². The molecule has 0 bridgehead atoms. The van der Waals surface area contributed by atoms with Gasteiger partial charge in [-0.3, -0.25) is 9.59 Å². The lowest BCUT2D eigenvalue weighted by Crippen LogP contribution is -2.23. The van der Waals surface area contributed by atoms with Crippen LogP contribution in [0.25, 0.3) is 0 Å². The maximum atomic E-state index is 11.0. The number of hydrogen-bond acceptors (Lipinski definition) is 2. The summed E-state index contributed by atoms with van der Waals surface area (Å²) in [7, 11) is 0. The number of unbranched alkanes of at least 4 members (excludes halogenated alkanes) is 1. The number of carbonyl (C=O) groups excluding carboxylic acids is 1. The van der Waals surface area contributed by atoms with Crippen molar-refractivity contribution in [2.45, 2.75) is 32.1 Å². The largest absolute Gasteiger partial charge is 0.481 e. The van der Waals surface area contributed by atoms with E-state index in [9.17, 15) is 9.59 Å². The Morgan fingerprint density at radius 1 is 1.29 bits per heavy atom. The van der Waals surface area contributed by atoms with Crippen molar-refractivity contribution in [3.05, 3.63) is 12.7 Å². The molecule has 0 aromatic heterocycles. The molecule has 4 nitrogen and oxygen atoms in total. The standard InChI is InChI=1S/C10H17NO3/c1-2-3-6-9(12)11-8-5-4-7-10(13)14/h2H,1,3-8H2,(H,11,12)(H,13,14). The molecule has 4 heteroatoms. The minimum atomic E-state index is -0.789. The van der Waals surface area contributed by atoms with Crippen LogP contribution in [0.4, 0.5) is 0 Å². The average Bonchev–Trinajstić information content (AvgIpc) is 2.13. The molecule has 0 rings (SSSR count). The first-order valence-corrected chi connectivity index (χ1v) is 4.76. The molecule has 0 spiro atoms. The van der Waals surface area contributed by atoms with Crippen molar-refractivity contribution in [3.63, 3.8) is 0 Å². The van der Waals surface area contributed by atoms with Crippen molar-refractivity contribution in [2.24, 2.45) is 0 Å². The smallest absolute Gasteiger partial charge is 0.303 e. The van der Waals surface area contributed by atoms with Gasteiger partial charge in [-0.15, -0.1) is 6.58 Å². The average molecular weight is 199 g/mol. The summed E-state index contributed by atoms with van der Waals surface area (Å²) in [6.45, 7) is 4.08. The number of nitrogens with one attached hydrogen (secondary N) is 1. The fourth-order valence-electron chi connectivity index (χ4n) is 0.951. The number of carboxylic acids is 1. The van der Waals surface area contributed by atoms with E-state index >= 15 is 0 Å². The molecule has 14 heavy (non-hydrogen) atoms. The van der Waals surface area contributed by atoms with E-state index < -0.39 is 5.97 Å². The molecule has 0 unspecified atom stereocenters. The maximum Gasteiger partial charge on any atom is 0.303 e. The van der Waals surface area contributed by atoms with E-state index in [4.69, 9.17) is 5.11 Å². The molecule has 0 heterocycles. The van der Waals surface area contributed by atoms with Crippen LogP contribution in [0.2, 0.25) is 0 Å². The molecule has 0 aliphatic rings. The summed E-state index contributed by atoms with van der Waals surface area (Å²) in [6, 6.07) is 0. The molecule has 0 aromatic carbocycles. The van der Waals surface area contributed by atoms with E-state index in [-0.39, 0.29) is 12.3 Å². The molecule has 1 amide bonds. The minimum absolute atomic E-state index is 0.000208. The number of rotatable bonds is 8. The van der Waals surface area contributed by atoms with Crippen LogP contribution in [0.3, 0.4) is 0 Å². The van der Waals surface area contributed by atoms with Crippen molar-refractivity contribution in [3.8, 4) is 0 Å². The lowest BCUT2D eigenvalue weighted by Gasteiger charge is -2.02. The van der Waals surface area contributed by atoms with E-state index in [0.29, 0.717) is 32.2 Å². The SMILES string of the molecule is C=CCCC(=O)NCCCCC(=O)O. The highest BCUT2D eigenvalue weighted by Crippen LogP contribution is 1.94. The van der Waals surface area contributed by atoms with Gasteiger partial charge in [-0.2, -0.15) is 0 Å². The van der Waals surface area contributed by atoms with Gasteiger partial charge >= 0.3 is 5.97 Å². The third-order valence-corrected chi connectivity index (χ3v) is 1.72. The van der Waals surface area contributed by atoms with Crippen molar-refractivity contribution < 1.29 is 14.7 Å². The summed E-state index contributed by atoms with van der Waals surface area (Å²) in [5, 5.41) is 11.1. The number of carbonyl (C=O) groups is 2. The van der Waals surface area contributed by atoms with Gasteiger partial charge in [-0.25, -0.2) is 0 Å². The molecular weight excluding hydrogens is 182 g/mol. The maximum absolute atomic E-state index is 11.0. The van der Waals surface area contributed by atoms with E-state index in [2.05, 4.69) is 11.9 Å². The molecule has 0 saturated carbocycles. The molecule has 0 saturated heterocycles. The fraction of sp³-hybridized carbons (Fsp3) is 0.600. The van der Waals surface area contributed by atoms with E-state index in [1.54, 1.807) is 6.08 Å². The molecule has 0 radical (unpaired) electrons. The molecule has 0 aromatic rings. The summed E-state index contributed by atoms with van der Waals surface area (Å²) < 4.78 is 0. The Morgan fingerprint density at radius 3 is 2.57 bits per heavy atom. The number of carboxylic acid groups (broad SMARTS) is 1. The third-order valence-electron chi connectivity index (χ3n) is 1.72. The van der Waals surface area contributed by atoms with Gasteiger partial charge < -0.3 is 10.4 Å². The first-order valence-electron chi connectivity index (χ1n) is 4.76. The van der Waals surface area contributed by atoms with Gasteiger partial charge in [0.05, 0.1) is 0 Å². The fourth-order valence-corrected chi connectivity index (χ4v) is 0.951. The van der Waals surface area contributed by atoms with Crippen LogP contribution in [0.1, 0.15) is 32.1 Å². The van der Waals surface area contributed by atoms with E-state index in [0.717, 1.165) is 0 Å². The molecule has 2 N–H and O–H groups in total. The van der Waals surface area contributed by atoms with Crippen molar-refractivity contribution in [2.75, 3.05) is 6.54 Å². The second-order valence-corrected chi connectivity index (χ2v) is 3.03. The predicted octanol–water partition coefficient (Wildman–Crippen LogP) is 1.32. The Bertz CT molecular complexity index is 202. The number of amides is 1. The lowest BCUT2D eigenvalue weighted by atomic mass is 10.2. The Morgan fingerprint density at radius 2 is 2.00 bits per heavy atom. The van der Waals surface area contributed by atoms with E-state index in [1.807, 2.05) is 0 Å². The van der Waals surface area contributed by atoms with Gasteiger partial charge in [0.2, 0.25) is 5.91 Å². The second-order valence-electron chi connectivity index (χ2n) is 3.03. The summed E-state index contributed by atoms with van der Waals surface area (Å²) in [5.74, 6) is -0.789. The summed E-state index contributed by atoms with van der Waals surface area (Å²) in [4.78, 5) is 21.2. The Kier molecular flexibility index (Phi) is 7.50. The second kappa shape index (κ2) is 8.29. The van der Waals surface area contributed by atoms with Crippen LogP contribution >= 0.6 is 0 Å². The van der Waals surface area contributed by atoms with Gasteiger partial charge in [0.1, 0.15) is 0 Å². The zero-order valence-electron chi connectivity index (χ0n) is 8.29.